The minimum absolute atomic E-state index is 0.137. The van der Waals surface area contributed by atoms with Crippen LogP contribution in [-0.2, 0) is 11.8 Å². The maximum Gasteiger partial charge on any atom is 0.314 e. The predicted molar refractivity (Wildman–Crippen MR) is 89.6 cm³/mol. The number of aliphatic hydroxyl groups excluding tert-OH is 1. The molecule has 2 aliphatic rings. The van der Waals surface area contributed by atoms with Crippen LogP contribution in [0.4, 0.5) is 4.79 Å². The summed E-state index contributed by atoms with van der Waals surface area (Å²) < 4.78 is 5.11. The van der Waals surface area contributed by atoms with E-state index < -0.39 is 6.10 Å². The molecule has 5 heteroatoms. The zero-order valence-electron chi connectivity index (χ0n) is 13.5. The molecule has 5 nitrogen and oxygen atoms in total. The van der Waals surface area contributed by atoms with Gasteiger partial charge in [0.1, 0.15) is 11.9 Å². The molecule has 1 spiro atoms. The normalized spacial score (nSPS) is 25.3. The number of aryl methyl sites for hydroxylation is 1. The molecule has 3 N–H and O–H groups in total. The smallest absolute Gasteiger partial charge is 0.314 e. The first-order chi connectivity index (χ1) is 11.7. The molecule has 0 saturated heterocycles. The SMILES string of the molecule is O=C(NC[C@@H]1C[C@]12CCc1ccccc12)NC[C@H](O)c1ccco1. The minimum atomic E-state index is -0.820. The monoisotopic (exact) mass is 326 g/mol. The number of hydrogen-bond donors (Lipinski definition) is 3. The highest BCUT2D eigenvalue weighted by Gasteiger charge is 2.57. The van der Waals surface area contributed by atoms with Crippen LogP contribution in [0.2, 0.25) is 0 Å². The number of urea groups is 1. The molecule has 1 aromatic heterocycles. The van der Waals surface area contributed by atoms with Crippen LogP contribution in [0, 0.1) is 5.92 Å². The number of rotatable bonds is 5. The summed E-state index contributed by atoms with van der Waals surface area (Å²) in [5.74, 6) is 0.973. The molecule has 0 aliphatic heterocycles. The van der Waals surface area contributed by atoms with Crippen molar-refractivity contribution in [2.45, 2.75) is 30.8 Å². The van der Waals surface area contributed by atoms with Crippen LogP contribution in [0.15, 0.2) is 47.1 Å². The van der Waals surface area contributed by atoms with Crippen LogP contribution in [0.25, 0.3) is 0 Å². The quantitative estimate of drug-likeness (QED) is 0.790. The summed E-state index contributed by atoms with van der Waals surface area (Å²) in [6, 6.07) is 11.8. The minimum Gasteiger partial charge on any atom is -0.467 e. The third-order valence-corrected chi connectivity index (χ3v) is 5.46. The highest BCUT2D eigenvalue weighted by atomic mass is 16.4. The van der Waals surface area contributed by atoms with Gasteiger partial charge in [-0.05, 0) is 48.4 Å². The maximum atomic E-state index is 11.9. The summed E-state index contributed by atoms with van der Waals surface area (Å²) in [6.45, 7) is 0.814. The molecule has 4 rings (SSSR count). The van der Waals surface area contributed by atoms with Crippen LogP contribution in [0.5, 0.6) is 0 Å². The number of aliphatic hydroxyl groups is 1. The van der Waals surface area contributed by atoms with E-state index in [-0.39, 0.29) is 18.0 Å². The molecule has 1 fully saturated rings. The van der Waals surface area contributed by atoms with Gasteiger partial charge >= 0.3 is 6.03 Å². The van der Waals surface area contributed by atoms with Crippen LogP contribution in [0.1, 0.15) is 35.8 Å². The van der Waals surface area contributed by atoms with Gasteiger partial charge in [-0.15, -0.1) is 0 Å². The van der Waals surface area contributed by atoms with E-state index in [1.807, 2.05) is 0 Å². The van der Waals surface area contributed by atoms with Gasteiger partial charge in [0.2, 0.25) is 0 Å². The van der Waals surface area contributed by atoms with Gasteiger partial charge in [0.25, 0.3) is 0 Å². The van der Waals surface area contributed by atoms with Crippen LogP contribution in [-0.4, -0.2) is 24.2 Å². The number of fused-ring (bicyclic) bond motifs is 2. The van der Waals surface area contributed by atoms with Crippen LogP contribution in [0.3, 0.4) is 0 Å². The molecule has 126 valence electrons. The van der Waals surface area contributed by atoms with Gasteiger partial charge in [-0.3, -0.25) is 0 Å². The summed E-state index contributed by atoms with van der Waals surface area (Å²) >= 11 is 0. The fourth-order valence-electron chi connectivity index (χ4n) is 4.05. The lowest BCUT2D eigenvalue weighted by Gasteiger charge is -2.13. The fraction of sp³-hybridized carbons (Fsp3) is 0.421. The lowest BCUT2D eigenvalue weighted by Crippen LogP contribution is -2.39. The summed E-state index contributed by atoms with van der Waals surface area (Å²) in [6.07, 6.45) is 4.18. The van der Waals surface area contributed by atoms with E-state index in [4.69, 9.17) is 4.42 Å². The molecule has 24 heavy (non-hydrogen) atoms. The fourth-order valence-corrected chi connectivity index (χ4v) is 4.05. The lowest BCUT2D eigenvalue weighted by atomic mass is 9.95. The Bertz CT molecular complexity index is 728. The van der Waals surface area contributed by atoms with Crippen molar-refractivity contribution in [3.63, 3.8) is 0 Å². The lowest BCUT2D eigenvalue weighted by molar-refractivity contribution is 0.148. The first kappa shape index (κ1) is 15.3. The van der Waals surface area contributed by atoms with Crippen molar-refractivity contribution in [2.75, 3.05) is 13.1 Å². The van der Waals surface area contributed by atoms with Crippen molar-refractivity contribution in [1.29, 1.82) is 0 Å². The van der Waals surface area contributed by atoms with Crippen molar-refractivity contribution < 1.29 is 14.3 Å². The van der Waals surface area contributed by atoms with Crippen molar-refractivity contribution >= 4 is 6.03 Å². The molecule has 1 heterocycles. The average molecular weight is 326 g/mol. The van der Waals surface area contributed by atoms with Gasteiger partial charge in [-0.1, -0.05) is 24.3 Å². The van der Waals surface area contributed by atoms with E-state index in [0.717, 1.165) is 12.8 Å². The topological polar surface area (TPSA) is 74.5 Å². The zero-order valence-corrected chi connectivity index (χ0v) is 13.5. The Balaban J connectivity index is 1.25. The number of furan rings is 1. The highest BCUT2D eigenvalue weighted by molar-refractivity contribution is 5.74. The van der Waals surface area contributed by atoms with Crippen molar-refractivity contribution in [1.82, 2.24) is 10.6 Å². The number of carbonyl (C=O) groups is 1. The Labute approximate surface area is 141 Å². The Hall–Kier alpha value is -2.27. The second-order valence-electron chi connectivity index (χ2n) is 6.84. The van der Waals surface area contributed by atoms with Gasteiger partial charge < -0.3 is 20.2 Å². The molecule has 3 atom stereocenters. The summed E-state index contributed by atoms with van der Waals surface area (Å²) in [7, 11) is 0. The van der Waals surface area contributed by atoms with E-state index in [1.54, 1.807) is 12.1 Å². The van der Waals surface area contributed by atoms with Crippen LogP contribution >= 0.6 is 0 Å². The molecule has 1 saturated carbocycles. The largest absolute Gasteiger partial charge is 0.467 e. The third kappa shape index (κ3) is 2.69. The molecule has 1 aromatic carbocycles. The van der Waals surface area contributed by atoms with Gasteiger partial charge in [0, 0.05) is 12.0 Å². The summed E-state index contributed by atoms with van der Waals surface area (Å²) in [5, 5.41) is 15.5. The van der Waals surface area contributed by atoms with Gasteiger partial charge in [0.15, 0.2) is 0 Å². The second-order valence-corrected chi connectivity index (χ2v) is 6.84. The Kier molecular flexibility index (Phi) is 3.81. The number of hydrogen-bond acceptors (Lipinski definition) is 3. The zero-order chi connectivity index (χ0) is 16.6. The van der Waals surface area contributed by atoms with E-state index in [9.17, 15) is 9.90 Å². The molecule has 0 radical (unpaired) electrons. The maximum absolute atomic E-state index is 11.9. The number of benzene rings is 1. The average Bonchev–Trinajstić information content (AvgIpc) is 2.94. The molecule has 2 amide bonds. The van der Waals surface area contributed by atoms with E-state index in [1.165, 1.54) is 23.8 Å². The first-order valence-electron chi connectivity index (χ1n) is 8.50. The first-order valence-corrected chi connectivity index (χ1v) is 8.50. The number of nitrogens with one attached hydrogen (secondary N) is 2. The molecule has 0 bridgehead atoms. The van der Waals surface area contributed by atoms with Gasteiger partial charge in [-0.25, -0.2) is 4.79 Å². The molecule has 2 aromatic rings. The highest BCUT2D eigenvalue weighted by Crippen LogP contribution is 2.61. The Morgan fingerprint density at radius 2 is 2.17 bits per heavy atom. The molecular weight excluding hydrogens is 304 g/mol. The molecule has 0 unspecified atom stereocenters. The van der Waals surface area contributed by atoms with Crippen molar-refractivity contribution in [3.8, 4) is 0 Å². The van der Waals surface area contributed by atoms with Crippen LogP contribution < -0.4 is 10.6 Å². The third-order valence-electron chi connectivity index (χ3n) is 5.46. The summed E-state index contributed by atoms with van der Waals surface area (Å²) in [5.41, 5.74) is 3.23. The number of carbonyl (C=O) groups excluding carboxylic acids is 1. The molecular formula is C19H22N2O3. The van der Waals surface area contributed by atoms with Crippen molar-refractivity contribution in [3.05, 3.63) is 59.5 Å². The Morgan fingerprint density at radius 1 is 1.29 bits per heavy atom. The number of amides is 2. The predicted octanol–water partition coefficient (Wildman–Crippen LogP) is 2.52. The van der Waals surface area contributed by atoms with Crippen molar-refractivity contribution in [2.24, 2.45) is 5.92 Å². The van der Waals surface area contributed by atoms with E-state index in [0.29, 0.717) is 18.2 Å². The van der Waals surface area contributed by atoms with E-state index >= 15 is 0 Å². The molecule has 2 aliphatic carbocycles. The van der Waals surface area contributed by atoms with Gasteiger partial charge in [0.05, 0.1) is 12.8 Å². The standard InChI is InChI=1S/C19H22N2O3/c22-16(17-6-3-9-24-17)12-21-18(23)20-11-14-10-19(14)8-7-13-4-1-2-5-15(13)19/h1-6,9,14,16,22H,7-8,10-12H2,(H2,20,21,23)/t14-,16-,19+/m0/s1. The summed E-state index contributed by atoms with van der Waals surface area (Å²) in [4.78, 5) is 11.9. The second kappa shape index (κ2) is 5.98. The van der Waals surface area contributed by atoms with E-state index in [2.05, 4.69) is 34.9 Å². The van der Waals surface area contributed by atoms with Gasteiger partial charge in [-0.2, -0.15) is 0 Å². The Morgan fingerprint density at radius 3 is 3.00 bits per heavy atom.